The first-order chi connectivity index (χ1) is 9.43. The smallest absolute Gasteiger partial charge is 0.224 e. The second-order valence-electron chi connectivity index (χ2n) is 7.22. The zero-order valence-electron chi connectivity index (χ0n) is 13.0. The lowest BCUT2D eigenvalue weighted by Crippen LogP contribution is -2.56. The molecule has 0 spiro atoms. The molecular weight excluding hydrogens is 246 g/mol. The predicted molar refractivity (Wildman–Crippen MR) is 82.9 cm³/mol. The number of hydrogen-bond acceptors (Lipinski definition) is 1. The van der Waals surface area contributed by atoms with Gasteiger partial charge >= 0.3 is 0 Å². The molecule has 2 nitrogen and oxygen atoms in total. The number of para-hydroxylation sites is 1. The van der Waals surface area contributed by atoms with Gasteiger partial charge in [-0.05, 0) is 41.7 Å². The Bertz CT molecular complexity index is 534. The summed E-state index contributed by atoms with van der Waals surface area (Å²) in [7, 11) is 0. The lowest BCUT2D eigenvalue weighted by atomic mass is 9.60. The van der Waals surface area contributed by atoms with Crippen LogP contribution >= 0.6 is 0 Å². The molecule has 0 unspecified atom stereocenters. The standard InChI is InChI=1S/C18H25NO/c1-12-9-10-15-17(11-12)19(13(2)20)16-8-6-5-7-14(16)18(15,3)4/h5-8,12,15,17H,9-11H2,1-4H3/t12-,15-,17+/m1/s1. The highest BCUT2D eigenvalue weighted by molar-refractivity contribution is 5.94. The van der Waals surface area contributed by atoms with Gasteiger partial charge in [0.15, 0.2) is 0 Å². The van der Waals surface area contributed by atoms with Crippen molar-refractivity contribution >= 4 is 11.6 Å². The van der Waals surface area contributed by atoms with Crippen molar-refractivity contribution in [1.29, 1.82) is 0 Å². The Kier molecular flexibility index (Phi) is 3.15. The van der Waals surface area contributed by atoms with E-state index in [2.05, 4.69) is 49.9 Å². The minimum Gasteiger partial charge on any atom is -0.309 e. The van der Waals surface area contributed by atoms with E-state index in [9.17, 15) is 4.79 Å². The Morgan fingerprint density at radius 1 is 1.25 bits per heavy atom. The number of anilines is 1. The van der Waals surface area contributed by atoms with Crippen molar-refractivity contribution in [3.8, 4) is 0 Å². The van der Waals surface area contributed by atoms with Gasteiger partial charge in [0.2, 0.25) is 5.91 Å². The van der Waals surface area contributed by atoms with E-state index in [1.807, 2.05) is 0 Å². The Labute approximate surface area is 122 Å². The molecule has 20 heavy (non-hydrogen) atoms. The van der Waals surface area contributed by atoms with Crippen molar-refractivity contribution in [1.82, 2.24) is 0 Å². The molecule has 0 bridgehead atoms. The zero-order chi connectivity index (χ0) is 14.5. The molecule has 2 heteroatoms. The molecule has 0 aromatic heterocycles. The molecule has 3 rings (SSSR count). The van der Waals surface area contributed by atoms with Crippen LogP contribution in [0.1, 0.15) is 52.5 Å². The summed E-state index contributed by atoms with van der Waals surface area (Å²) in [4.78, 5) is 14.3. The second-order valence-corrected chi connectivity index (χ2v) is 7.22. The van der Waals surface area contributed by atoms with Gasteiger partial charge in [-0.3, -0.25) is 4.79 Å². The topological polar surface area (TPSA) is 20.3 Å². The Morgan fingerprint density at radius 2 is 1.95 bits per heavy atom. The average Bonchev–Trinajstić information content (AvgIpc) is 2.38. The molecule has 2 aliphatic rings. The number of carbonyl (C=O) groups excluding carboxylic acids is 1. The number of fused-ring (bicyclic) bond motifs is 2. The molecule has 1 saturated carbocycles. The van der Waals surface area contributed by atoms with Gasteiger partial charge in [-0.15, -0.1) is 0 Å². The first-order valence-electron chi connectivity index (χ1n) is 7.82. The van der Waals surface area contributed by atoms with E-state index in [0.29, 0.717) is 12.0 Å². The lowest BCUT2D eigenvalue weighted by molar-refractivity contribution is -0.117. The third-order valence-corrected chi connectivity index (χ3v) is 5.53. The molecule has 1 heterocycles. The van der Waals surface area contributed by atoms with Gasteiger partial charge < -0.3 is 4.90 Å². The molecule has 1 aliphatic carbocycles. The minimum atomic E-state index is 0.160. The average molecular weight is 271 g/mol. The van der Waals surface area contributed by atoms with E-state index in [-0.39, 0.29) is 11.3 Å². The highest BCUT2D eigenvalue weighted by atomic mass is 16.2. The Morgan fingerprint density at radius 3 is 2.65 bits per heavy atom. The van der Waals surface area contributed by atoms with Gasteiger partial charge in [-0.1, -0.05) is 45.4 Å². The van der Waals surface area contributed by atoms with Crippen LogP contribution in [-0.2, 0) is 10.2 Å². The monoisotopic (exact) mass is 271 g/mol. The number of nitrogens with zero attached hydrogens (tertiary/aromatic N) is 1. The summed E-state index contributed by atoms with van der Waals surface area (Å²) < 4.78 is 0. The second kappa shape index (κ2) is 4.61. The summed E-state index contributed by atoms with van der Waals surface area (Å²) >= 11 is 0. The van der Waals surface area contributed by atoms with Crippen LogP contribution in [0.5, 0.6) is 0 Å². The number of amides is 1. The van der Waals surface area contributed by atoms with Crippen LogP contribution in [0.3, 0.4) is 0 Å². The van der Waals surface area contributed by atoms with Gasteiger partial charge in [0.1, 0.15) is 0 Å². The van der Waals surface area contributed by atoms with Crippen molar-refractivity contribution in [2.24, 2.45) is 11.8 Å². The maximum atomic E-state index is 12.3. The van der Waals surface area contributed by atoms with Crippen molar-refractivity contribution in [3.63, 3.8) is 0 Å². The lowest BCUT2D eigenvalue weighted by Gasteiger charge is -2.53. The van der Waals surface area contributed by atoms with Gasteiger partial charge in [-0.2, -0.15) is 0 Å². The molecular formula is C18H25NO. The summed E-state index contributed by atoms with van der Waals surface area (Å²) in [5.74, 6) is 1.49. The van der Waals surface area contributed by atoms with Crippen LogP contribution in [0.4, 0.5) is 5.69 Å². The fourth-order valence-electron chi connectivity index (χ4n) is 4.49. The highest BCUT2D eigenvalue weighted by Gasteiger charge is 2.48. The molecule has 0 saturated heterocycles. The van der Waals surface area contributed by atoms with E-state index >= 15 is 0 Å². The van der Waals surface area contributed by atoms with Crippen molar-refractivity contribution < 1.29 is 4.79 Å². The van der Waals surface area contributed by atoms with E-state index in [4.69, 9.17) is 0 Å². The van der Waals surface area contributed by atoms with Crippen LogP contribution in [0.25, 0.3) is 0 Å². The normalized spacial score (nSPS) is 31.4. The number of carbonyl (C=O) groups is 1. The Hall–Kier alpha value is -1.31. The zero-order valence-corrected chi connectivity index (χ0v) is 13.0. The van der Waals surface area contributed by atoms with Gasteiger partial charge in [-0.25, -0.2) is 0 Å². The molecule has 0 radical (unpaired) electrons. The first-order valence-corrected chi connectivity index (χ1v) is 7.82. The minimum absolute atomic E-state index is 0.160. The molecule has 0 N–H and O–H groups in total. The summed E-state index contributed by atoms with van der Waals surface area (Å²) in [6.45, 7) is 8.75. The van der Waals surface area contributed by atoms with Crippen LogP contribution < -0.4 is 4.90 Å². The van der Waals surface area contributed by atoms with Crippen molar-refractivity contribution in [2.75, 3.05) is 4.90 Å². The summed E-state index contributed by atoms with van der Waals surface area (Å²) in [6, 6.07) is 8.86. The van der Waals surface area contributed by atoms with Crippen LogP contribution in [-0.4, -0.2) is 11.9 Å². The molecule has 1 amide bonds. The van der Waals surface area contributed by atoms with E-state index < -0.39 is 0 Å². The van der Waals surface area contributed by atoms with E-state index in [1.165, 1.54) is 18.4 Å². The molecule has 1 aromatic carbocycles. The summed E-state index contributed by atoms with van der Waals surface area (Å²) in [5, 5.41) is 0. The molecule has 108 valence electrons. The van der Waals surface area contributed by atoms with Gasteiger partial charge in [0, 0.05) is 18.7 Å². The molecule has 1 fully saturated rings. The van der Waals surface area contributed by atoms with Crippen molar-refractivity contribution in [2.45, 2.75) is 58.4 Å². The predicted octanol–water partition coefficient (Wildman–Crippen LogP) is 4.14. The number of hydrogen-bond donors (Lipinski definition) is 0. The fourth-order valence-corrected chi connectivity index (χ4v) is 4.49. The van der Waals surface area contributed by atoms with Crippen molar-refractivity contribution in [3.05, 3.63) is 29.8 Å². The summed E-state index contributed by atoms with van der Waals surface area (Å²) in [6.07, 6.45) is 3.66. The van der Waals surface area contributed by atoms with E-state index in [0.717, 1.165) is 18.0 Å². The molecule has 3 atom stereocenters. The van der Waals surface area contributed by atoms with Crippen LogP contribution in [0.2, 0.25) is 0 Å². The van der Waals surface area contributed by atoms with Crippen LogP contribution in [0, 0.1) is 11.8 Å². The largest absolute Gasteiger partial charge is 0.309 e. The maximum Gasteiger partial charge on any atom is 0.224 e. The molecule has 1 aliphatic heterocycles. The third-order valence-electron chi connectivity index (χ3n) is 5.53. The quantitative estimate of drug-likeness (QED) is 0.694. The first kappa shape index (κ1) is 13.7. The van der Waals surface area contributed by atoms with Gasteiger partial charge in [0.25, 0.3) is 0 Å². The SMILES string of the molecule is CC(=O)N1c2ccccc2C(C)(C)[C@@H]2CC[C@@H](C)C[C@@H]21. The fraction of sp³-hybridized carbons (Fsp3) is 0.611. The van der Waals surface area contributed by atoms with Crippen LogP contribution in [0.15, 0.2) is 24.3 Å². The summed E-state index contributed by atoms with van der Waals surface area (Å²) in [5.41, 5.74) is 2.64. The third kappa shape index (κ3) is 1.88. The highest BCUT2D eigenvalue weighted by Crippen LogP contribution is 2.51. The van der Waals surface area contributed by atoms with Gasteiger partial charge in [0.05, 0.1) is 0 Å². The molecule has 1 aromatic rings. The van der Waals surface area contributed by atoms with E-state index in [1.54, 1.807) is 6.92 Å². The maximum absolute atomic E-state index is 12.3. The number of benzene rings is 1. The number of rotatable bonds is 0. The Balaban J connectivity index is 2.16.